The van der Waals surface area contributed by atoms with Crippen LogP contribution >= 0.6 is 0 Å². The number of methoxy groups -OCH3 is 1. The molecule has 1 heterocycles. The van der Waals surface area contributed by atoms with E-state index in [1.807, 2.05) is 0 Å². The molecule has 3 amide bonds. The molecule has 23 heavy (non-hydrogen) atoms. The third-order valence-corrected chi connectivity index (χ3v) is 3.73. The summed E-state index contributed by atoms with van der Waals surface area (Å²) in [5.41, 5.74) is 1.19. The molecule has 0 spiro atoms. The molecular weight excluding hydrogens is 298 g/mol. The molecule has 0 unspecified atom stereocenters. The summed E-state index contributed by atoms with van der Waals surface area (Å²) in [6.07, 6.45) is 1.07. The van der Waals surface area contributed by atoms with Crippen LogP contribution in [0.5, 0.6) is 0 Å². The standard InChI is InChI=1S/C16H21N3O4/c1-11(20)17-13-5-3-12(4-6-13)15(21)18-14-7-9-19(10-8-14)16(22)23-2/h3-6,14H,7-10H2,1-2H3,(H,17,20)(H,18,21). The first-order valence-electron chi connectivity index (χ1n) is 7.51. The molecule has 0 aromatic heterocycles. The maximum atomic E-state index is 12.2. The average Bonchev–Trinajstić information content (AvgIpc) is 2.55. The summed E-state index contributed by atoms with van der Waals surface area (Å²) in [6.45, 7) is 2.57. The summed E-state index contributed by atoms with van der Waals surface area (Å²) < 4.78 is 4.68. The SMILES string of the molecule is COC(=O)N1CCC(NC(=O)c2ccc(NC(C)=O)cc2)CC1. The number of ether oxygens (including phenoxy) is 1. The van der Waals surface area contributed by atoms with Gasteiger partial charge in [-0.15, -0.1) is 0 Å². The van der Waals surface area contributed by atoms with Crippen LogP contribution in [0.3, 0.4) is 0 Å². The minimum absolute atomic E-state index is 0.0402. The van der Waals surface area contributed by atoms with Crippen LogP contribution < -0.4 is 10.6 Å². The Labute approximate surface area is 135 Å². The first kappa shape index (κ1) is 16.8. The van der Waals surface area contributed by atoms with Crippen molar-refractivity contribution in [1.82, 2.24) is 10.2 Å². The summed E-state index contributed by atoms with van der Waals surface area (Å²) in [5, 5.41) is 5.62. The van der Waals surface area contributed by atoms with Crippen LogP contribution in [0.25, 0.3) is 0 Å². The monoisotopic (exact) mass is 319 g/mol. The molecule has 0 radical (unpaired) electrons. The fourth-order valence-electron chi connectivity index (χ4n) is 2.51. The molecular formula is C16H21N3O4. The van der Waals surface area contributed by atoms with E-state index in [0.717, 1.165) is 0 Å². The van der Waals surface area contributed by atoms with Crippen LogP contribution in [-0.2, 0) is 9.53 Å². The van der Waals surface area contributed by atoms with Gasteiger partial charge in [0.1, 0.15) is 0 Å². The maximum Gasteiger partial charge on any atom is 0.409 e. The minimum Gasteiger partial charge on any atom is -0.453 e. The first-order chi connectivity index (χ1) is 11.0. The number of piperidine rings is 1. The predicted octanol–water partition coefficient (Wildman–Crippen LogP) is 1.61. The Bertz CT molecular complexity index is 577. The third-order valence-electron chi connectivity index (χ3n) is 3.73. The quantitative estimate of drug-likeness (QED) is 0.886. The Balaban J connectivity index is 1.85. The summed E-state index contributed by atoms with van der Waals surface area (Å²) >= 11 is 0. The molecule has 1 aliphatic heterocycles. The number of rotatable bonds is 3. The highest BCUT2D eigenvalue weighted by molar-refractivity contribution is 5.95. The molecule has 0 bridgehead atoms. The number of amides is 3. The van der Waals surface area contributed by atoms with E-state index in [1.165, 1.54) is 14.0 Å². The molecule has 0 aliphatic carbocycles. The second-order valence-electron chi connectivity index (χ2n) is 5.46. The third kappa shape index (κ3) is 4.70. The number of nitrogens with zero attached hydrogens (tertiary/aromatic N) is 1. The van der Waals surface area contributed by atoms with Crippen molar-refractivity contribution in [3.8, 4) is 0 Å². The van der Waals surface area contributed by atoms with Gasteiger partial charge < -0.3 is 20.3 Å². The Morgan fingerprint density at radius 2 is 1.74 bits per heavy atom. The van der Waals surface area contributed by atoms with Gasteiger partial charge in [0.2, 0.25) is 5.91 Å². The molecule has 7 nitrogen and oxygen atoms in total. The summed E-state index contributed by atoms with van der Waals surface area (Å²) in [7, 11) is 1.36. The smallest absolute Gasteiger partial charge is 0.409 e. The Hall–Kier alpha value is -2.57. The second kappa shape index (κ2) is 7.62. The van der Waals surface area contributed by atoms with Crippen LogP contribution in [0.2, 0.25) is 0 Å². The summed E-state index contributed by atoms with van der Waals surface area (Å²) in [6, 6.07) is 6.76. The zero-order chi connectivity index (χ0) is 16.8. The van der Waals surface area contributed by atoms with E-state index in [9.17, 15) is 14.4 Å². The van der Waals surface area contributed by atoms with E-state index in [0.29, 0.717) is 37.2 Å². The lowest BCUT2D eigenvalue weighted by Gasteiger charge is -2.31. The molecule has 1 aliphatic rings. The zero-order valence-electron chi connectivity index (χ0n) is 13.3. The van der Waals surface area contributed by atoms with E-state index >= 15 is 0 Å². The van der Waals surface area contributed by atoms with Crippen molar-refractivity contribution in [2.24, 2.45) is 0 Å². The number of hydrogen-bond acceptors (Lipinski definition) is 4. The number of benzene rings is 1. The molecule has 124 valence electrons. The predicted molar refractivity (Wildman–Crippen MR) is 85.2 cm³/mol. The highest BCUT2D eigenvalue weighted by Gasteiger charge is 2.24. The summed E-state index contributed by atoms with van der Waals surface area (Å²) in [5.74, 6) is -0.310. The Morgan fingerprint density at radius 1 is 1.13 bits per heavy atom. The molecule has 1 saturated heterocycles. The lowest BCUT2D eigenvalue weighted by molar-refractivity contribution is -0.114. The van der Waals surface area contributed by atoms with Gasteiger partial charge in [0.05, 0.1) is 7.11 Å². The number of likely N-dealkylation sites (tertiary alicyclic amines) is 1. The Kier molecular flexibility index (Phi) is 5.56. The van der Waals surface area contributed by atoms with Crippen LogP contribution in [0.1, 0.15) is 30.1 Å². The van der Waals surface area contributed by atoms with Crippen molar-refractivity contribution in [2.75, 3.05) is 25.5 Å². The lowest BCUT2D eigenvalue weighted by Crippen LogP contribution is -2.46. The normalized spacial score (nSPS) is 15.0. The van der Waals surface area contributed by atoms with Gasteiger partial charge in [-0.05, 0) is 37.1 Å². The topological polar surface area (TPSA) is 87.7 Å². The summed E-state index contributed by atoms with van der Waals surface area (Å²) in [4.78, 5) is 36.2. The van der Waals surface area contributed by atoms with Gasteiger partial charge in [-0.25, -0.2) is 4.79 Å². The van der Waals surface area contributed by atoms with Crippen molar-refractivity contribution in [2.45, 2.75) is 25.8 Å². The van der Waals surface area contributed by atoms with Crippen LogP contribution in [0.4, 0.5) is 10.5 Å². The van der Waals surface area contributed by atoms with E-state index in [1.54, 1.807) is 29.2 Å². The van der Waals surface area contributed by atoms with Gasteiger partial charge in [0.25, 0.3) is 5.91 Å². The number of hydrogen-bond donors (Lipinski definition) is 2. The van der Waals surface area contributed by atoms with Gasteiger partial charge in [0, 0.05) is 37.3 Å². The van der Waals surface area contributed by atoms with Crippen LogP contribution in [-0.4, -0.2) is 49.0 Å². The van der Waals surface area contributed by atoms with Crippen molar-refractivity contribution < 1.29 is 19.1 Å². The number of carbonyl (C=O) groups is 3. The molecule has 7 heteroatoms. The van der Waals surface area contributed by atoms with E-state index in [2.05, 4.69) is 15.4 Å². The molecule has 0 atom stereocenters. The van der Waals surface area contributed by atoms with E-state index in [4.69, 9.17) is 0 Å². The number of carbonyl (C=O) groups excluding carboxylic acids is 3. The van der Waals surface area contributed by atoms with Crippen molar-refractivity contribution >= 4 is 23.6 Å². The van der Waals surface area contributed by atoms with Gasteiger partial charge in [-0.2, -0.15) is 0 Å². The molecule has 1 aromatic rings. The highest BCUT2D eigenvalue weighted by Crippen LogP contribution is 2.13. The lowest BCUT2D eigenvalue weighted by atomic mass is 10.0. The van der Waals surface area contributed by atoms with Gasteiger partial charge in [-0.3, -0.25) is 9.59 Å². The average molecular weight is 319 g/mol. The molecule has 0 saturated carbocycles. The molecule has 1 fully saturated rings. The zero-order valence-corrected chi connectivity index (χ0v) is 13.3. The van der Waals surface area contributed by atoms with Crippen molar-refractivity contribution in [3.63, 3.8) is 0 Å². The van der Waals surface area contributed by atoms with Gasteiger partial charge in [-0.1, -0.05) is 0 Å². The molecule has 2 rings (SSSR count). The fraction of sp³-hybridized carbons (Fsp3) is 0.438. The van der Waals surface area contributed by atoms with Gasteiger partial charge in [0.15, 0.2) is 0 Å². The minimum atomic E-state index is -0.330. The fourth-order valence-corrected chi connectivity index (χ4v) is 2.51. The Morgan fingerprint density at radius 3 is 2.26 bits per heavy atom. The molecule has 2 N–H and O–H groups in total. The molecule has 1 aromatic carbocycles. The largest absolute Gasteiger partial charge is 0.453 e. The van der Waals surface area contributed by atoms with Crippen LogP contribution in [0.15, 0.2) is 24.3 Å². The van der Waals surface area contributed by atoms with Crippen molar-refractivity contribution in [1.29, 1.82) is 0 Å². The highest BCUT2D eigenvalue weighted by atomic mass is 16.5. The van der Waals surface area contributed by atoms with Crippen LogP contribution in [0, 0.1) is 0 Å². The van der Waals surface area contributed by atoms with E-state index < -0.39 is 0 Å². The second-order valence-corrected chi connectivity index (χ2v) is 5.46. The number of nitrogens with one attached hydrogen (secondary N) is 2. The van der Waals surface area contributed by atoms with E-state index in [-0.39, 0.29) is 23.9 Å². The first-order valence-corrected chi connectivity index (χ1v) is 7.51. The van der Waals surface area contributed by atoms with Crippen molar-refractivity contribution in [3.05, 3.63) is 29.8 Å². The maximum absolute atomic E-state index is 12.2. The number of anilines is 1. The van der Waals surface area contributed by atoms with Gasteiger partial charge >= 0.3 is 6.09 Å².